The molecule has 0 bridgehead atoms. The van der Waals surface area contributed by atoms with Crippen molar-refractivity contribution in [2.45, 2.75) is 19.3 Å². The van der Waals surface area contributed by atoms with E-state index in [2.05, 4.69) is 62.8 Å². The molecule has 2 aromatic rings. The second-order valence-corrected chi connectivity index (χ2v) is 6.35. The van der Waals surface area contributed by atoms with Crippen molar-refractivity contribution < 1.29 is 0 Å². The van der Waals surface area contributed by atoms with Crippen LogP contribution in [0.3, 0.4) is 0 Å². The number of hydrogen-bond donors (Lipinski definition) is 1. The maximum atomic E-state index is 4.56. The highest BCUT2D eigenvalue weighted by atomic mass is 79.9. The number of aromatic nitrogens is 1. The van der Waals surface area contributed by atoms with Crippen molar-refractivity contribution in [2.75, 3.05) is 13.6 Å². The van der Waals surface area contributed by atoms with Crippen LogP contribution in [0.1, 0.15) is 22.2 Å². The summed E-state index contributed by atoms with van der Waals surface area (Å²) in [6.07, 6.45) is 0.993. The lowest BCUT2D eigenvalue weighted by Gasteiger charge is -2.16. The predicted octanol–water partition coefficient (Wildman–Crippen LogP) is 3.76. The average molecular weight is 325 g/mol. The third kappa shape index (κ3) is 3.64. The molecule has 2 rings (SSSR count). The summed E-state index contributed by atoms with van der Waals surface area (Å²) in [5.41, 5.74) is 2.55. The largest absolute Gasteiger partial charge is 0.319 e. The number of halogens is 1. The van der Waals surface area contributed by atoms with E-state index < -0.39 is 0 Å². The van der Waals surface area contributed by atoms with Gasteiger partial charge in [-0.2, -0.15) is 0 Å². The first kappa shape index (κ1) is 13.7. The Morgan fingerprint density at radius 1 is 1.33 bits per heavy atom. The molecule has 4 heteroatoms. The summed E-state index contributed by atoms with van der Waals surface area (Å²) in [5.74, 6) is 0.476. The summed E-state index contributed by atoms with van der Waals surface area (Å²) in [6.45, 7) is 3.03. The van der Waals surface area contributed by atoms with Gasteiger partial charge in [0.15, 0.2) is 0 Å². The van der Waals surface area contributed by atoms with Crippen LogP contribution in [0.2, 0.25) is 0 Å². The van der Waals surface area contributed by atoms with Gasteiger partial charge in [0.1, 0.15) is 0 Å². The lowest BCUT2D eigenvalue weighted by Crippen LogP contribution is -2.19. The quantitative estimate of drug-likeness (QED) is 0.905. The SMILES string of the molecule is CNCC(Cc1csc(C)n1)c1ccc(Br)cc1. The molecule has 0 spiro atoms. The normalized spacial score (nSPS) is 12.6. The summed E-state index contributed by atoms with van der Waals surface area (Å²) in [6, 6.07) is 8.57. The van der Waals surface area contributed by atoms with E-state index in [4.69, 9.17) is 0 Å². The first-order valence-electron chi connectivity index (χ1n) is 6.00. The zero-order valence-electron chi connectivity index (χ0n) is 10.6. The highest BCUT2D eigenvalue weighted by Gasteiger charge is 2.13. The molecule has 0 amide bonds. The minimum absolute atomic E-state index is 0.476. The minimum atomic E-state index is 0.476. The Hall–Kier alpha value is -0.710. The molecule has 0 saturated carbocycles. The van der Waals surface area contributed by atoms with Gasteiger partial charge in [-0.25, -0.2) is 4.98 Å². The van der Waals surface area contributed by atoms with Crippen LogP contribution in [0.15, 0.2) is 34.1 Å². The van der Waals surface area contributed by atoms with Gasteiger partial charge in [-0.05, 0) is 38.1 Å². The molecule has 2 nitrogen and oxygen atoms in total. The van der Waals surface area contributed by atoms with E-state index in [1.54, 1.807) is 11.3 Å². The van der Waals surface area contributed by atoms with Crippen molar-refractivity contribution >= 4 is 27.3 Å². The predicted molar refractivity (Wildman–Crippen MR) is 81.4 cm³/mol. The molecule has 1 unspecified atom stereocenters. The van der Waals surface area contributed by atoms with Crippen LogP contribution < -0.4 is 5.32 Å². The van der Waals surface area contributed by atoms with Crippen molar-refractivity contribution in [1.29, 1.82) is 0 Å². The van der Waals surface area contributed by atoms with Gasteiger partial charge in [-0.3, -0.25) is 0 Å². The topological polar surface area (TPSA) is 24.9 Å². The average Bonchev–Trinajstić information content (AvgIpc) is 2.75. The van der Waals surface area contributed by atoms with Crippen molar-refractivity contribution in [3.63, 3.8) is 0 Å². The van der Waals surface area contributed by atoms with Crippen LogP contribution in [0, 0.1) is 6.92 Å². The van der Waals surface area contributed by atoms with Gasteiger partial charge in [-0.1, -0.05) is 28.1 Å². The third-order valence-electron chi connectivity index (χ3n) is 2.91. The van der Waals surface area contributed by atoms with Crippen molar-refractivity contribution in [3.05, 3.63) is 50.4 Å². The van der Waals surface area contributed by atoms with E-state index in [0.717, 1.165) is 22.4 Å². The van der Waals surface area contributed by atoms with E-state index in [0.29, 0.717) is 5.92 Å². The number of rotatable bonds is 5. The van der Waals surface area contributed by atoms with E-state index in [9.17, 15) is 0 Å². The zero-order chi connectivity index (χ0) is 13.0. The highest BCUT2D eigenvalue weighted by Crippen LogP contribution is 2.23. The second-order valence-electron chi connectivity index (χ2n) is 4.37. The molecule has 0 radical (unpaired) electrons. The lowest BCUT2D eigenvalue weighted by atomic mass is 9.94. The maximum Gasteiger partial charge on any atom is 0.0897 e. The standard InChI is InChI=1S/C14H17BrN2S/c1-10-17-14(9-18-10)7-12(8-16-2)11-3-5-13(15)6-4-11/h3-6,9,12,16H,7-8H2,1-2H3. The van der Waals surface area contributed by atoms with E-state index >= 15 is 0 Å². The summed E-state index contributed by atoms with van der Waals surface area (Å²) in [4.78, 5) is 4.56. The molecule has 1 heterocycles. The molecule has 0 saturated heterocycles. The van der Waals surface area contributed by atoms with Crippen LogP contribution in [0.25, 0.3) is 0 Å². The smallest absolute Gasteiger partial charge is 0.0897 e. The fourth-order valence-corrected chi connectivity index (χ4v) is 2.93. The van der Waals surface area contributed by atoms with Crippen LogP contribution in [0.4, 0.5) is 0 Å². The van der Waals surface area contributed by atoms with Crippen LogP contribution in [-0.2, 0) is 6.42 Å². The molecule has 0 aliphatic heterocycles. The van der Waals surface area contributed by atoms with Crippen LogP contribution in [-0.4, -0.2) is 18.6 Å². The molecule has 18 heavy (non-hydrogen) atoms. The molecule has 1 atom stereocenters. The monoisotopic (exact) mass is 324 g/mol. The van der Waals surface area contributed by atoms with Gasteiger partial charge in [0.25, 0.3) is 0 Å². The fraction of sp³-hybridized carbons (Fsp3) is 0.357. The Kier molecular flexibility index (Phi) is 4.92. The van der Waals surface area contributed by atoms with Crippen LogP contribution >= 0.6 is 27.3 Å². The Bertz CT molecular complexity index is 493. The van der Waals surface area contributed by atoms with Crippen molar-refractivity contribution in [1.82, 2.24) is 10.3 Å². The minimum Gasteiger partial charge on any atom is -0.319 e. The number of aryl methyl sites for hydroxylation is 1. The maximum absolute atomic E-state index is 4.56. The Morgan fingerprint density at radius 2 is 2.06 bits per heavy atom. The zero-order valence-corrected chi connectivity index (χ0v) is 13.0. The van der Waals surface area contributed by atoms with E-state index in [1.807, 2.05) is 7.05 Å². The third-order valence-corrected chi connectivity index (χ3v) is 4.27. The van der Waals surface area contributed by atoms with Gasteiger partial charge in [0.2, 0.25) is 0 Å². The van der Waals surface area contributed by atoms with Gasteiger partial charge in [-0.15, -0.1) is 11.3 Å². The molecule has 0 fully saturated rings. The van der Waals surface area contributed by atoms with Gasteiger partial charge >= 0.3 is 0 Å². The molecule has 0 aliphatic rings. The molecule has 1 aromatic heterocycles. The number of benzene rings is 1. The summed E-state index contributed by atoms with van der Waals surface area (Å²) < 4.78 is 1.12. The fourth-order valence-electron chi connectivity index (χ4n) is 2.04. The van der Waals surface area contributed by atoms with Crippen molar-refractivity contribution in [2.24, 2.45) is 0 Å². The van der Waals surface area contributed by atoms with E-state index in [1.165, 1.54) is 11.3 Å². The molecule has 0 aliphatic carbocycles. The first-order chi connectivity index (χ1) is 8.69. The molecule has 1 N–H and O–H groups in total. The number of nitrogens with one attached hydrogen (secondary N) is 1. The molecular formula is C14H17BrN2S. The number of thiazole rings is 1. The highest BCUT2D eigenvalue weighted by molar-refractivity contribution is 9.10. The molecule has 96 valence electrons. The Balaban J connectivity index is 2.14. The van der Waals surface area contributed by atoms with E-state index in [-0.39, 0.29) is 0 Å². The summed E-state index contributed by atoms with van der Waals surface area (Å²) in [5, 5.41) is 6.58. The Labute approximate surface area is 121 Å². The first-order valence-corrected chi connectivity index (χ1v) is 7.67. The summed E-state index contributed by atoms with van der Waals surface area (Å²) in [7, 11) is 2.00. The lowest BCUT2D eigenvalue weighted by molar-refractivity contribution is 0.619. The van der Waals surface area contributed by atoms with Crippen molar-refractivity contribution in [3.8, 4) is 0 Å². The van der Waals surface area contributed by atoms with Gasteiger partial charge in [0, 0.05) is 22.3 Å². The second kappa shape index (κ2) is 6.45. The van der Waals surface area contributed by atoms with Gasteiger partial charge in [0.05, 0.1) is 10.7 Å². The number of likely N-dealkylation sites (N-methyl/N-ethyl adjacent to an activating group) is 1. The van der Waals surface area contributed by atoms with Gasteiger partial charge < -0.3 is 5.32 Å². The number of nitrogens with zero attached hydrogens (tertiary/aromatic N) is 1. The Morgan fingerprint density at radius 3 is 2.61 bits per heavy atom. The van der Waals surface area contributed by atoms with Crippen LogP contribution in [0.5, 0.6) is 0 Å². The summed E-state index contributed by atoms with van der Waals surface area (Å²) >= 11 is 5.20. The number of hydrogen-bond acceptors (Lipinski definition) is 3. The molecule has 1 aromatic carbocycles. The molecular weight excluding hydrogens is 308 g/mol.